The van der Waals surface area contributed by atoms with Gasteiger partial charge in [0.2, 0.25) is 5.88 Å². The van der Waals surface area contributed by atoms with Gasteiger partial charge in [-0.05, 0) is 37.5 Å². The Morgan fingerprint density at radius 2 is 1.84 bits per heavy atom. The predicted molar refractivity (Wildman–Crippen MR) is 101 cm³/mol. The molecule has 0 amide bonds. The van der Waals surface area contributed by atoms with Crippen LogP contribution < -0.4 is 15.2 Å². The van der Waals surface area contributed by atoms with Crippen LogP contribution >= 0.6 is 11.6 Å². The molecular formula is C19H26ClN3O2. The van der Waals surface area contributed by atoms with Gasteiger partial charge in [0.05, 0.1) is 29.6 Å². The van der Waals surface area contributed by atoms with Crippen molar-refractivity contribution in [1.82, 2.24) is 9.97 Å². The van der Waals surface area contributed by atoms with Crippen molar-refractivity contribution in [2.75, 3.05) is 7.11 Å². The van der Waals surface area contributed by atoms with Crippen LogP contribution in [-0.4, -0.2) is 23.2 Å². The summed E-state index contributed by atoms with van der Waals surface area (Å²) in [6.07, 6.45) is 2.69. The first kappa shape index (κ1) is 19.5. The average Bonchev–Trinajstić information content (AvgIpc) is 2.65. The molecular weight excluding hydrogens is 338 g/mol. The Bertz CT molecular complexity index is 718. The van der Waals surface area contributed by atoms with E-state index in [2.05, 4.69) is 18.8 Å². The van der Waals surface area contributed by atoms with Crippen LogP contribution in [-0.2, 0) is 13.0 Å². The van der Waals surface area contributed by atoms with E-state index in [0.717, 1.165) is 24.1 Å². The molecule has 0 saturated heterocycles. The number of rotatable bonds is 8. The first-order valence-electron chi connectivity index (χ1n) is 8.68. The Hall–Kier alpha value is -1.85. The third-order valence-electron chi connectivity index (χ3n) is 4.15. The predicted octanol–water partition coefficient (Wildman–Crippen LogP) is 4.39. The van der Waals surface area contributed by atoms with Gasteiger partial charge in [-0.1, -0.05) is 32.4 Å². The number of ether oxygens (including phenoxy) is 2. The summed E-state index contributed by atoms with van der Waals surface area (Å²) >= 11 is 6.42. The summed E-state index contributed by atoms with van der Waals surface area (Å²) in [6, 6.07) is 5.49. The maximum absolute atomic E-state index is 6.42. The number of methoxy groups -OCH3 is 1. The molecule has 0 unspecified atom stereocenters. The summed E-state index contributed by atoms with van der Waals surface area (Å²) in [7, 11) is 1.61. The van der Waals surface area contributed by atoms with Crippen molar-refractivity contribution in [3.8, 4) is 22.9 Å². The minimum absolute atomic E-state index is 0.126. The largest absolute Gasteiger partial charge is 0.497 e. The Morgan fingerprint density at radius 1 is 1.12 bits per heavy atom. The molecule has 0 aliphatic carbocycles. The standard InChI is InChI=1S/C19H26ClN3O2/c1-5-12(6-2)25-19-16(7-3)22-18(17(11-21)23-19)14-9-8-13(24-4)10-15(14)20/h8-10,12H,5-7,11,21H2,1-4H3. The first-order chi connectivity index (χ1) is 12.1. The molecule has 1 aromatic carbocycles. The zero-order valence-electron chi connectivity index (χ0n) is 15.3. The number of hydrogen-bond donors (Lipinski definition) is 1. The minimum Gasteiger partial charge on any atom is -0.497 e. The number of nitrogens with zero attached hydrogens (tertiary/aromatic N) is 2. The lowest BCUT2D eigenvalue weighted by molar-refractivity contribution is 0.181. The second kappa shape index (κ2) is 9.02. The fourth-order valence-corrected chi connectivity index (χ4v) is 2.86. The highest BCUT2D eigenvalue weighted by atomic mass is 35.5. The number of aryl methyl sites for hydroxylation is 1. The SMILES string of the molecule is CCc1nc(-c2ccc(OC)cc2Cl)c(CN)nc1OC(CC)CC. The maximum atomic E-state index is 6.42. The van der Waals surface area contributed by atoms with E-state index < -0.39 is 0 Å². The van der Waals surface area contributed by atoms with Crippen molar-refractivity contribution in [1.29, 1.82) is 0 Å². The van der Waals surface area contributed by atoms with E-state index in [9.17, 15) is 0 Å². The maximum Gasteiger partial charge on any atom is 0.236 e. The molecule has 136 valence electrons. The molecule has 1 aromatic heterocycles. The molecule has 0 fully saturated rings. The van der Waals surface area contributed by atoms with Gasteiger partial charge in [0.25, 0.3) is 0 Å². The van der Waals surface area contributed by atoms with E-state index in [1.165, 1.54) is 0 Å². The van der Waals surface area contributed by atoms with Crippen LogP contribution in [0, 0.1) is 0 Å². The molecule has 2 rings (SSSR count). The number of benzene rings is 1. The van der Waals surface area contributed by atoms with Crippen molar-refractivity contribution in [3.63, 3.8) is 0 Å². The van der Waals surface area contributed by atoms with Crippen LogP contribution in [0.2, 0.25) is 5.02 Å². The first-order valence-corrected chi connectivity index (χ1v) is 9.05. The Morgan fingerprint density at radius 3 is 2.36 bits per heavy atom. The average molecular weight is 364 g/mol. The van der Waals surface area contributed by atoms with Crippen molar-refractivity contribution in [2.24, 2.45) is 5.73 Å². The lowest BCUT2D eigenvalue weighted by Gasteiger charge is -2.19. The molecule has 0 aliphatic heterocycles. The van der Waals surface area contributed by atoms with Gasteiger partial charge < -0.3 is 15.2 Å². The molecule has 0 atom stereocenters. The zero-order valence-corrected chi connectivity index (χ0v) is 16.1. The molecule has 2 aromatic rings. The Kier molecular flexibility index (Phi) is 7.02. The summed E-state index contributed by atoms with van der Waals surface area (Å²) in [6.45, 7) is 6.49. The van der Waals surface area contributed by atoms with E-state index >= 15 is 0 Å². The third-order valence-corrected chi connectivity index (χ3v) is 4.46. The molecule has 0 radical (unpaired) electrons. The number of halogens is 1. The van der Waals surface area contributed by atoms with Crippen LogP contribution in [0.5, 0.6) is 11.6 Å². The second-order valence-corrected chi connectivity index (χ2v) is 6.14. The van der Waals surface area contributed by atoms with Gasteiger partial charge in [-0.25, -0.2) is 9.97 Å². The quantitative estimate of drug-likeness (QED) is 0.752. The van der Waals surface area contributed by atoms with Crippen LogP contribution in [0.25, 0.3) is 11.3 Å². The number of nitrogens with two attached hydrogens (primary N) is 1. The van der Waals surface area contributed by atoms with E-state index in [1.54, 1.807) is 13.2 Å². The van der Waals surface area contributed by atoms with Crippen molar-refractivity contribution >= 4 is 11.6 Å². The molecule has 0 bridgehead atoms. The molecule has 25 heavy (non-hydrogen) atoms. The number of hydrogen-bond acceptors (Lipinski definition) is 5. The third kappa shape index (κ3) is 4.41. The van der Waals surface area contributed by atoms with E-state index in [4.69, 9.17) is 31.8 Å². The normalized spacial score (nSPS) is 11.0. The molecule has 5 nitrogen and oxygen atoms in total. The van der Waals surface area contributed by atoms with Gasteiger partial charge in [-0.2, -0.15) is 0 Å². The van der Waals surface area contributed by atoms with E-state index in [-0.39, 0.29) is 12.6 Å². The molecule has 1 heterocycles. The highest BCUT2D eigenvalue weighted by molar-refractivity contribution is 6.33. The fraction of sp³-hybridized carbons (Fsp3) is 0.474. The summed E-state index contributed by atoms with van der Waals surface area (Å²) in [4.78, 5) is 9.44. The topological polar surface area (TPSA) is 70.3 Å². The molecule has 2 N–H and O–H groups in total. The molecule has 6 heteroatoms. The lowest BCUT2D eigenvalue weighted by atomic mass is 10.1. The van der Waals surface area contributed by atoms with Crippen LogP contribution in [0.3, 0.4) is 0 Å². The van der Waals surface area contributed by atoms with Gasteiger partial charge in [-0.3, -0.25) is 0 Å². The Balaban J connectivity index is 2.52. The monoisotopic (exact) mass is 363 g/mol. The highest BCUT2D eigenvalue weighted by Crippen LogP contribution is 2.33. The van der Waals surface area contributed by atoms with Gasteiger partial charge in [-0.15, -0.1) is 0 Å². The smallest absolute Gasteiger partial charge is 0.236 e. The Labute approximate surface area is 154 Å². The molecule has 0 spiro atoms. The zero-order chi connectivity index (χ0) is 18.4. The summed E-state index contributed by atoms with van der Waals surface area (Å²) in [5.74, 6) is 1.27. The summed E-state index contributed by atoms with van der Waals surface area (Å²) in [5.41, 5.74) is 8.90. The summed E-state index contributed by atoms with van der Waals surface area (Å²) in [5, 5.41) is 0.555. The van der Waals surface area contributed by atoms with Crippen LogP contribution in [0.15, 0.2) is 18.2 Å². The van der Waals surface area contributed by atoms with Gasteiger partial charge in [0, 0.05) is 12.1 Å². The van der Waals surface area contributed by atoms with E-state index in [0.29, 0.717) is 34.5 Å². The highest BCUT2D eigenvalue weighted by Gasteiger charge is 2.18. The van der Waals surface area contributed by atoms with Crippen molar-refractivity contribution < 1.29 is 9.47 Å². The summed E-state index contributed by atoms with van der Waals surface area (Å²) < 4.78 is 11.3. The van der Waals surface area contributed by atoms with Crippen LogP contribution in [0.1, 0.15) is 45.0 Å². The van der Waals surface area contributed by atoms with Gasteiger partial charge in [0.15, 0.2) is 0 Å². The van der Waals surface area contributed by atoms with E-state index in [1.807, 2.05) is 19.1 Å². The minimum atomic E-state index is 0.126. The second-order valence-electron chi connectivity index (χ2n) is 5.73. The van der Waals surface area contributed by atoms with Gasteiger partial charge in [0.1, 0.15) is 11.4 Å². The molecule has 0 aliphatic rings. The number of aromatic nitrogens is 2. The fourth-order valence-electron chi connectivity index (χ4n) is 2.60. The lowest BCUT2D eigenvalue weighted by Crippen LogP contribution is -2.18. The van der Waals surface area contributed by atoms with Crippen LogP contribution in [0.4, 0.5) is 0 Å². The van der Waals surface area contributed by atoms with Crippen molar-refractivity contribution in [3.05, 3.63) is 34.6 Å². The molecule has 0 saturated carbocycles. The van der Waals surface area contributed by atoms with Gasteiger partial charge >= 0.3 is 0 Å². The van der Waals surface area contributed by atoms with Crippen molar-refractivity contribution in [2.45, 2.75) is 52.7 Å².